The molecule has 1 heterocycles. The number of thiazole rings is 1. The topological polar surface area (TPSA) is 79.3 Å². The average molecular weight is 332 g/mol. The van der Waals surface area contributed by atoms with Crippen molar-refractivity contribution in [2.24, 2.45) is 0 Å². The number of ether oxygens (including phenoxy) is 1. The summed E-state index contributed by atoms with van der Waals surface area (Å²) in [5.41, 5.74) is 2.70. The van der Waals surface area contributed by atoms with E-state index in [9.17, 15) is 14.7 Å². The molecule has 23 heavy (non-hydrogen) atoms. The molecule has 1 aromatic carbocycles. The van der Waals surface area contributed by atoms with Crippen molar-refractivity contribution in [1.29, 1.82) is 0 Å². The number of aryl methyl sites for hydroxylation is 1. The van der Waals surface area contributed by atoms with Crippen LogP contribution in [0.15, 0.2) is 23.6 Å². The monoisotopic (exact) mass is 332 g/mol. The summed E-state index contributed by atoms with van der Waals surface area (Å²) >= 11 is 1.11. The molecule has 0 saturated heterocycles. The molecule has 0 spiro atoms. The Hall–Kier alpha value is -2.21. The molecule has 0 aliphatic rings. The SMILES string of the molecule is Cc1cc(OCC(=O)c2nc(CC(=O)[O-])cs2)ccc1C(C)C. The summed E-state index contributed by atoms with van der Waals surface area (Å²) in [7, 11) is 0. The van der Waals surface area contributed by atoms with E-state index in [1.165, 1.54) is 5.56 Å². The third-order valence-electron chi connectivity index (χ3n) is 3.35. The summed E-state index contributed by atoms with van der Waals surface area (Å²) < 4.78 is 5.52. The van der Waals surface area contributed by atoms with Gasteiger partial charge in [-0.25, -0.2) is 4.98 Å². The second-order valence-corrected chi connectivity index (χ2v) is 6.44. The number of Topliss-reactive ketones (excluding diaryl/α,β-unsaturated/α-hetero) is 1. The maximum Gasteiger partial charge on any atom is 0.228 e. The van der Waals surface area contributed by atoms with E-state index in [0.29, 0.717) is 17.4 Å². The predicted molar refractivity (Wildman–Crippen MR) is 85.9 cm³/mol. The highest BCUT2D eigenvalue weighted by Crippen LogP contribution is 2.23. The number of nitrogens with zero attached hydrogens (tertiary/aromatic N) is 1. The van der Waals surface area contributed by atoms with E-state index in [0.717, 1.165) is 16.9 Å². The summed E-state index contributed by atoms with van der Waals surface area (Å²) in [5, 5.41) is 12.3. The largest absolute Gasteiger partial charge is 0.550 e. The number of carbonyl (C=O) groups excluding carboxylic acids is 2. The van der Waals surface area contributed by atoms with E-state index in [1.54, 1.807) is 5.38 Å². The minimum absolute atomic E-state index is 0.126. The molecule has 0 bridgehead atoms. The van der Waals surface area contributed by atoms with Crippen LogP contribution in [0, 0.1) is 6.92 Å². The lowest BCUT2D eigenvalue weighted by atomic mass is 9.98. The standard InChI is InChI=1S/C17H19NO4S/c1-10(2)14-5-4-13(6-11(14)3)22-8-15(19)17-18-12(9-23-17)7-16(20)21/h4-6,9-10H,7-8H2,1-3H3,(H,20,21)/p-1. The lowest BCUT2D eigenvalue weighted by Crippen LogP contribution is -2.24. The van der Waals surface area contributed by atoms with Gasteiger partial charge in [0.2, 0.25) is 5.78 Å². The first kappa shape index (κ1) is 17.1. The third kappa shape index (κ3) is 4.63. The number of carboxylic acids is 1. The lowest BCUT2D eigenvalue weighted by molar-refractivity contribution is -0.304. The van der Waals surface area contributed by atoms with Crippen LogP contribution in [0.25, 0.3) is 0 Å². The fourth-order valence-corrected chi connectivity index (χ4v) is 3.00. The molecule has 6 heteroatoms. The molecule has 122 valence electrons. The summed E-state index contributed by atoms with van der Waals surface area (Å²) in [5.74, 6) is -0.425. The lowest BCUT2D eigenvalue weighted by Gasteiger charge is -2.11. The van der Waals surface area contributed by atoms with Crippen LogP contribution < -0.4 is 9.84 Å². The van der Waals surface area contributed by atoms with Gasteiger partial charge in [0.1, 0.15) is 5.75 Å². The molecule has 0 aliphatic heterocycles. The van der Waals surface area contributed by atoms with Crippen LogP contribution >= 0.6 is 11.3 Å². The Morgan fingerprint density at radius 2 is 2.09 bits per heavy atom. The molecule has 0 amide bonds. The first-order valence-corrected chi connectivity index (χ1v) is 8.15. The number of carboxylic acid groups (broad SMARTS) is 1. The van der Waals surface area contributed by atoms with Crippen LogP contribution in [0.2, 0.25) is 0 Å². The van der Waals surface area contributed by atoms with E-state index in [-0.39, 0.29) is 23.8 Å². The minimum Gasteiger partial charge on any atom is -0.550 e. The van der Waals surface area contributed by atoms with Gasteiger partial charge < -0.3 is 14.6 Å². The average Bonchev–Trinajstić information content (AvgIpc) is 2.92. The Morgan fingerprint density at radius 3 is 2.70 bits per heavy atom. The molecule has 0 aliphatic carbocycles. The van der Waals surface area contributed by atoms with Crippen molar-refractivity contribution in [3.63, 3.8) is 0 Å². The Morgan fingerprint density at radius 1 is 1.35 bits per heavy atom. The van der Waals surface area contributed by atoms with E-state index < -0.39 is 5.97 Å². The van der Waals surface area contributed by atoms with Gasteiger partial charge in [-0.15, -0.1) is 11.3 Å². The first-order chi connectivity index (χ1) is 10.9. The quantitative estimate of drug-likeness (QED) is 0.726. The van der Waals surface area contributed by atoms with Gasteiger partial charge in [-0.05, 0) is 36.1 Å². The molecule has 0 unspecified atom stereocenters. The molecule has 5 nitrogen and oxygen atoms in total. The van der Waals surface area contributed by atoms with Crippen molar-refractivity contribution in [3.05, 3.63) is 45.4 Å². The maximum absolute atomic E-state index is 12.0. The van der Waals surface area contributed by atoms with E-state index >= 15 is 0 Å². The van der Waals surface area contributed by atoms with Crippen LogP contribution in [-0.4, -0.2) is 23.3 Å². The molecule has 2 rings (SSSR count). The molecule has 2 aromatic rings. The van der Waals surface area contributed by atoms with Gasteiger partial charge in [-0.1, -0.05) is 19.9 Å². The third-order valence-corrected chi connectivity index (χ3v) is 4.28. The van der Waals surface area contributed by atoms with Gasteiger partial charge in [0.25, 0.3) is 0 Å². The van der Waals surface area contributed by atoms with Gasteiger partial charge in [0, 0.05) is 17.8 Å². The fraction of sp³-hybridized carbons (Fsp3) is 0.353. The summed E-state index contributed by atoms with van der Waals surface area (Å²) in [6.07, 6.45) is -0.291. The summed E-state index contributed by atoms with van der Waals surface area (Å²) in [6, 6.07) is 5.76. The van der Waals surface area contributed by atoms with Gasteiger partial charge in [0.15, 0.2) is 11.6 Å². The Balaban J connectivity index is 1.97. The number of benzene rings is 1. The second kappa shape index (κ2) is 7.37. The molecule has 0 N–H and O–H groups in total. The van der Waals surface area contributed by atoms with Crippen LogP contribution in [0.4, 0.5) is 0 Å². The van der Waals surface area contributed by atoms with Crippen molar-refractivity contribution in [1.82, 2.24) is 4.98 Å². The van der Waals surface area contributed by atoms with Gasteiger partial charge in [0.05, 0.1) is 5.69 Å². The number of rotatable bonds is 7. The van der Waals surface area contributed by atoms with E-state index in [2.05, 4.69) is 18.8 Å². The van der Waals surface area contributed by atoms with Crippen molar-refractivity contribution in [2.75, 3.05) is 6.61 Å². The van der Waals surface area contributed by atoms with Gasteiger partial charge >= 0.3 is 0 Å². The van der Waals surface area contributed by atoms with Crippen LogP contribution in [0.5, 0.6) is 5.75 Å². The van der Waals surface area contributed by atoms with Crippen LogP contribution in [0.3, 0.4) is 0 Å². The smallest absolute Gasteiger partial charge is 0.228 e. The van der Waals surface area contributed by atoms with Crippen LogP contribution in [-0.2, 0) is 11.2 Å². The van der Waals surface area contributed by atoms with Crippen LogP contribution in [0.1, 0.15) is 46.4 Å². The zero-order valence-corrected chi connectivity index (χ0v) is 14.1. The highest BCUT2D eigenvalue weighted by atomic mass is 32.1. The van der Waals surface area contributed by atoms with Crippen molar-refractivity contribution < 1.29 is 19.4 Å². The van der Waals surface area contributed by atoms with Gasteiger partial charge in [-0.2, -0.15) is 0 Å². The summed E-state index contributed by atoms with van der Waals surface area (Å²) in [4.78, 5) is 26.5. The molecule has 0 radical (unpaired) electrons. The fourth-order valence-electron chi connectivity index (χ4n) is 2.26. The number of hydrogen-bond donors (Lipinski definition) is 0. The number of ketones is 1. The number of aliphatic carboxylic acids is 1. The van der Waals surface area contributed by atoms with Crippen molar-refractivity contribution >= 4 is 23.1 Å². The zero-order valence-electron chi connectivity index (χ0n) is 13.3. The Bertz CT molecular complexity index is 721. The second-order valence-electron chi connectivity index (χ2n) is 5.58. The molecule has 0 saturated carbocycles. The first-order valence-electron chi connectivity index (χ1n) is 7.27. The summed E-state index contributed by atoms with van der Waals surface area (Å²) in [6.45, 7) is 6.13. The molecule has 0 atom stereocenters. The van der Waals surface area contributed by atoms with Crippen molar-refractivity contribution in [2.45, 2.75) is 33.1 Å². The molecular weight excluding hydrogens is 314 g/mol. The van der Waals surface area contributed by atoms with E-state index in [4.69, 9.17) is 4.74 Å². The Kier molecular flexibility index (Phi) is 5.50. The normalized spacial score (nSPS) is 10.8. The Labute approximate surface area is 138 Å². The number of carbonyl (C=O) groups is 2. The molecular formula is C17H18NO4S-. The number of aromatic nitrogens is 1. The predicted octanol–water partition coefficient (Wildman–Crippen LogP) is 2.13. The van der Waals surface area contributed by atoms with E-state index in [1.807, 2.05) is 25.1 Å². The molecule has 1 aromatic heterocycles. The van der Waals surface area contributed by atoms with Crippen molar-refractivity contribution in [3.8, 4) is 5.75 Å². The minimum atomic E-state index is -1.22. The zero-order chi connectivity index (χ0) is 17.0. The highest BCUT2D eigenvalue weighted by Gasteiger charge is 2.13. The molecule has 0 fully saturated rings. The highest BCUT2D eigenvalue weighted by molar-refractivity contribution is 7.11. The van der Waals surface area contributed by atoms with Gasteiger partial charge in [-0.3, -0.25) is 4.79 Å². The number of hydrogen-bond acceptors (Lipinski definition) is 6. The maximum atomic E-state index is 12.0.